The molecule has 1 aliphatic heterocycles. The molecule has 2 aromatic rings. The number of nitrogens with one attached hydrogen (secondary N) is 1. The van der Waals surface area contributed by atoms with Gasteiger partial charge in [0.15, 0.2) is 0 Å². The van der Waals surface area contributed by atoms with Crippen LogP contribution in [0, 0.1) is 5.92 Å². The minimum Gasteiger partial charge on any atom is -0.474 e. The highest BCUT2D eigenvalue weighted by Gasteiger charge is 2.17. The first kappa shape index (κ1) is 13.1. The molecule has 0 spiro atoms. The van der Waals surface area contributed by atoms with Crippen molar-refractivity contribution < 1.29 is 9.47 Å². The van der Waals surface area contributed by atoms with Crippen LogP contribution >= 0.6 is 0 Å². The number of para-hydroxylation sites is 2. The summed E-state index contributed by atoms with van der Waals surface area (Å²) in [6, 6.07) is 7.75. The van der Waals surface area contributed by atoms with Crippen molar-refractivity contribution in [3.8, 4) is 11.8 Å². The summed E-state index contributed by atoms with van der Waals surface area (Å²) in [5.41, 5.74) is 1.65. The van der Waals surface area contributed by atoms with Crippen LogP contribution < -0.4 is 14.8 Å². The van der Waals surface area contributed by atoms with Crippen LogP contribution in [-0.2, 0) is 0 Å². The normalized spacial score (nSPS) is 18.4. The van der Waals surface area contributed by atoms with Crippen molar-refractivity contribution in [2.75, 3.05) is 26.3 Å². The fourth-order valence-electron chi connectivity index (χ4n) is 2.35. The smallest absolute Gasteiger partial charge is 0.278 e. The topological polar surface area (TPSA) is 56.3 Å². The molecule has 1 aliphatic rings. The van der Waals surface area contributed by atoms with Crippen molar-refractivity contribution in [3.05, 3.63) is 24.3 Å². The van der Waals surface area contributed by atoms with E-state index in [4.69, 9.17) is 9.47 Å². The summed E-state index contributed by atoms with van der Waals surface area (Å²) in [6.45, 7) is 5.21. The molecule has 3 rings (SSSR count). The quantitative estimate of drug-likeness (QED) is 0.903. The summed E-state index contributed by atoms with van der Waals surface area (Å²) in [5, 5.41) is 3.33. The largest absolute Gasteiger partial charge is 0.474 e. The molecule has 1 fully saturated rings. The molecular formula is C15H19N3O2. The Bertz CT molecular complexity index is 582. The Hall–Kier alpha value is -1.88. The van der Waals surface area contributed by atoms with Crippen LogP contribution in [0.15, 0.2) is 24.3 Å². The molecule has 5 heteroatoms. The van der Waals surface area contributed by atoms with E-state index in [1.165, 1.54) is 0 Å². The summed E-state index contributed by atoms with van der Waals surface area (Å²) >= 11 is 0. The van der Waals surface area contributed by atoms with E-state index in [9.17, 15) is 0 Å². The molecule has 0 unspecified atom stereocenters. The predicted octanol–water partition coefficient (Wildman–Crippen LogP) is 2.02. The van der Waals surface area contributed by atoms with Gasteiger partial charge in [-0.15, -0.1) is 0 Å². The molecule has 0 aliphatic carbocycles. The molecule has 5 nitrogen and oxygen atoms in total. The number of benzene rings is 1. The first-order valence-electron chi connectivity index (χ1n) is 7.10. The highest BCUT2D eigenvalue weighted by molar-refractivity contribution is 5.75. The molecule has 1 N–H and O–H groups in total. The second-order valence-electron chi connectivity index (χ2n) is 4.93. The number of fused-ring (bicyclic) bond motifs is 1. The second kappa shape index (κ2) is 6.05. The molecule has 0 bridgehead atoms. The van der Waals surface area contributed by atoms with Crippen LogP contribution in [0.4, 0.5) is 0 Å². The molecule has 1 atom stereocenters. The molecule has 2 heterocycles. The Morgan fingerprint density at radius 2 is 1.85 bits per heavy atom. The number of hydrogen-bond acceptors (Lipinski definition) is 5. The third-order valence-corrected chi connectivity index (χ3v) is 3.41. The van der Waals surface area contributed by atoms with Crippen LogP contribution in [0.2, 0.25) is 0 Å². The highest BCUT2D eigenvalue weighted by Crippen LogP contribution is 2.26. The van der Waals surface area contributed by atoms with Gasteiger partial charge in [-0.2, -0.15) is 0 Å². The van der Waals surface area contributed by atoms with Gasteiger partial charge in [-0.25, -0.2) is 9.97 Å². The SMILES string of the molecule is CCOc1nc2ccccc2nc1OC[C@@H]1CCNC1. The molecule has 106 valence electrons. The summed E-state index contributed by atoms with van der Waals surface area (Å²) in [7, 11) is 0. The van der Waals surface area contributed by atoms with E-state index in [0.29, 0.717) is 30.9 Å². The monoisotopic (exact) mass is 273 g/mol. The molecular weight excluding hydrogens is 254 g/mol. The molecule has 1 aromatic carbocycles. The average Bonchev–Trinajstić information content (AvgIpc) is 2.98. The molecule has 1 aromatic heterocycles. The molecule has 0 saturated carbocycles. The maximum absolute atomic E-state index is 5.84. The van der Waals surface area contributed by atoms with Gasteiger partial charge in [0.1, 0.15) is 0 Å². The van der Waals surface area contributed by atoms with Crippen LogP contribution in [0.1, 0.15) is 13.3 Å². The highest BCUT2D eigenvalue weighted by atomic mass is 16.5. The fraction of sp³-hybridized carbons (Fsp3) is 0.467. The average molecular weight is 273 g/mol. The van der Waals surface area contributed by atoms with Gasteiger partial charge in [-0.05, 0) is 32.0 Å². The van der Waals surface area contributed by atoms with Crippen LogP contribution in [-0.4, -0.2) is 36.3 Å². The standard InChI is InChI=1S/C15H19N3O2/c1-2-19-14-15(20-10-11-7-8-16-9-11)18-13-6-4-3-5-12(13)17-14/h3-6,11,16H,2,7-10H2,1H3/t11-/m1/s1. The van der Waals surface area contributed by atoms with Crippen molar-refractivity contribution in [2.24, 2.45) is 5.92 Å². The predicted molar refractivity (Wildman–Crippen MR) is 77.2 cm³/mol. The third-order valence-electron chi connectivity index (χ3n) is 3.41. The Morgan fingerprint density at radius 1 is 1.15 bits per heavy atom. The Kier molecular flexibility index (Phi) is 3.97. The minimum atomic E-state index is 0.483. The van der Waals surface area contributed by atoms with E-state index < -0.39 is 0 Å². The lowest BCUT2D eigenvalue weighted by Crippen LogP contribution is -2.16. The van der Waals surface area contributed by atoms with Gasteiger partial charge in [0, 0.05) is 12.5 Å². The van der Waals surface area contributed by atoms with Crippen molar-refractivity contribution in [2.45, 2.75) is 13.3 Å². The number of hydrogen-bond donors (Lipinski definition) is 1. The zero-order valence-electron chi connectivity index (χ0n) is 11.6. The van der Waals surface area contributed by atoms with E-state index in [1.807, 2.05) is 31.2 Å². The Balaban J connectivity index is 1.84. The van der Waals surface area contributed by atoms with E-state index in [0.717, 1.165) is 30.5 Å². The minimum absolute atomic E-state index is 0.483. The maximum Gasteiger partial charge on any atom is 0.278 e. The van der Waals surface area contributed by atoms with Gasteiger partial charge in [-0.1, -0.05) is 12.1 Å². The lowest BCUT2D eigenvalue weighted by molar-refractivity contribution is 0.228. The fourth-order valence-corrected chi connectivity index (χ4v) is 2.35. The molecule has 0 radical (unpaired) electrons. The van der Waals surface area contributed by atoms with Crippen molar-refractivity contribution in [1.29, 1.82) is 0 Å². The number of ether oxygens (including phenoxy) is 2. The molecule has 0 amide bonds. The van der Waals surface area contributed by atoms with Gasteiger partial charge in [0.05, 0.1) is 24.2 Å². The first-order chi connectivity index (χ1) is 9.86. The van der Waals surface area contributed by atoms with Crippen LogP contribution in [0.25, 0.3) is 11.0 Å². The van der Waals surface area contributed by atoms with E-state index in [-0.39, 0.29) is 0 Å². The van der Waals surface area contributed by atoms with Crippen molar-refractivity contribution in [1.82, 2.24) is 15.3 Å². The zero-order valence-corrected chi connectivity index (χ0v) is 11.6. The number of rotatable bonds is 5. The van der Waals surface area contributed by atoms with Crippen LogP contribution in [0.3, 0.4) is 0 Å². The first-order valence-corrected chi connectivity index (χ1v) is 7.10. The van der Waals surface area contributed by atoms with Gasteiger partial charge in [-0.3, -0.25) is 0 Å². The van der Waals surface area contributed by atoms with Crippen molar-refractivity contribution >= 4 is 11.0 Å². The third kappa shape index (κ3) is 2.82. The second-order valence-corrected chi connectivity index (χ2v) is 4.93. The molecule has 20 heavy (non-hydrogen) atoms. The number of nitrogens with zero attached hydrogens (tertiary/aromatic N) is 2. The summed E-state index contributed by atoms with van der Waals surface area (Å²) in [6.07, 6.45) is 1.14. The van der Waals surface area contributed by atoms with Gasteiger partial charge >= 0.3 is 0 Å². The van der Waals surface area contributed by atoms with E-state index in [1.54, 1.807) is 0 Å². The number of aromatic nitrogens is 2. The zero-order chi connectivity index (χ0) is 13.8. The lowest BCUT2D eigenvalue weighted by Gasteiger charge is -2.13. The maximum atomic E-state index is 5.84. The molecule has 1 saturated heterocycles. The van der Waals surface area contributed by atoms with Gasteiger partial charge in [0.2, 0.25) is 0 Å². The Labute approximate surface area is 118 Å². The van der Waals surface area contributed by atoms with Gasteiger partial charge < -0.3 is 14.8 Å². The summed E-state index contributed by atoms with van der Waals surface area (Å²) in [5.74, 6) is 1.52. The van der Waals surface area contributed by atoms with E-state index in [2.05, 4.69) is 15.3 Å². The summed E-state index contributed by atoms with van der Waals surface area (Å²) in [4.78, 5) is 9.01. The van der Waals surface area contributed by atoms with E-state index >= 15 is 0 Å². The Morgan fingerprint density at radius 3 is 2.45 bits per heavy atom. The van der Waals surface area contributed by atoms with Crippen LogP contribution in [0.5, 0.6) is 11.8 Å². The van der Waals surface area contributed by atoms with Gasteiger partial charge in [0.25, 0.3) is 11.8 Å². The van der Waals surface area contributed by atoms with Crippen molar-refractivity contribution in [3.63, 3.8) is 0 Å². The lowest BCUT2D eigenvalue weighted by atomic mass is 10.1. The summed E-state index contributed by atoms with van der Waals surface area (Å²) < 4.78 is 11.4.